The largest absolute Gasteiger partial charge is 0.296 e. The third kappa shape index (κ3) is 2.29. The molecule has 1 aromatic heterocycles. The van der Waals surface area contributed by atoms with Crippen molar-refractivity contribution in [2.24, 2.45) is 0 Å². The van der Waals surface area contributed by atoms with E-state index in [1.807, 2.05) is 42.6 Å². The van der Waals surface area contributed by atoms with Gasteiger partial charge in [-0.2, -0.15) is 12.6 Å². The molecule has 0 radical (unpaired) electrons. The lowest BCUT2D eigenvalue weighted by molar-refractivity contribution is 0.968. The van der Waals surface area contributed by atoms with E-state index in [2.05, 4.69) is 46.4 Å². The molecular weight excluding hydrogens is 252 g/mol. The first-order valence-electron chi connectivity index (χ1n) is 6.18. The topological polar surface area (TPSA) is 17.8 Å². The standard InChI is InChI=1S/C16H14N2S/c19-12-16-17-11-15(13-7-3-1-4-8-13)18(16)14-9-5-2-6-10-14/h1-11,19H,12H2. The summed E-state index contributed by atoms with van der Waals surface area (Å²) in [6, 6.07) is 20.5. The number of para-hydroxylation sites is 1. The van der Waals surface area contributed by atoms with Gasteiger partial charge in [0.2, 0.25) is 0 Å². The SMILES string of the molecule is SCc1ncc(-c2ccccc2)n1-c1ccccc1. The predicted molar refractivity (Wildman–Crippen MR) is 81.7 cm³/mol. The van der Waals surface area contributed by atoms with Gasteiger partial charge >= 0.3 is 0 Å². The van der Waals surface area contributed by atoms with Crippen LogP contribution in [0.2, 0.25) is 0 Å². The van der Waals surface area contributed by atoms with Crippen LogP contribution in [0, 0.1) is 0 Å². The van der Waals surface area contributed by atoms with Crippen LogP contribution in [0.5, 0.6) is 0 Å². The average molecular weight is 266 g/mol. The Kier molecular flexibility index (Phi) is 3.38. The molecular formula is C16H14N2S. The van der Waals surface area contributed by atoms with Gasteiger partial charge < -0.3 is 0 Å². The molecule has 0 aliphatic carbocycles. The highest BCUT2D eigenvalue weighted by Gasteiger charge is 2.11. The maximum Gasteiger partial charge on any atom is 0.123 e. The average Bonchev–Trinajstić information content (AvgIpc) is 2.93. The number of hydrogen-bond donors (Lipinski definition) is 1. The number of nitrogens with zero attached hydrogens (tertiary/aromatic N) is 2. The third-order valence-electron chi connectivity index (χ3n) is 3.06. The fourth-order valence-electron chi connectivity index (χ4n) is 2.18. The lowest BCUT2D eigenvalue weighted by Crippen LogP contribution is -2.01. The monoisotopic (exact) mass is 266 g/mol. The first kappa shape index (κ1) is 12.1. The fourth-order valence-corrected chi connectivity index (χ4v) is 2.40. The molecule has 0 saturated heterocycles. The number of rotatable bonds is 3. The van der Waals surface area contributed by atoms with Crippen molar-refractivity contribution in [3.05, 3.63) is 72.7 Å². The Morgan fingerprint density at radius 2 is 1.53 bits per heavy atom. The first-order valence-corrected chi connectivity index (χ1v) is 6.81. The maximum atomic E-state index is 4.47. The van der Waals surface area contributed by atoms with Crippen LogP contribution in [0.25, 0.3) is 16.9 Å². The van der Waals surface area contributed by atoms with Crippen molar-refractivity contribution in [1.82, 2.24) is 9.55 Å². The summed E-state index contributed by atoms with van der Waals surface area (Å²) in [7, 11) is 0. The van der Waals surface area contributed by atoms with Crippen molar-refractivity contribution >= 4 is 12.6 Å². The number of aromatic nitrogens is 2. The Labute approximate surface area is 118 Å². The summed E-state index contributed by atoms with van der Waals surface area (Å²) in [5.41, 5.74) is 3.37. The van der Waals surface area contributed by atoms with Gasteiger partial charge in [0.05, 0.1) is 11.9 Å². The molecule has 2 aromatic carbocycles. The van der Waals surface area contributed by atoms with Crippen molar-refractivity contribution < 1.29 is 0 Å². The Morgan fingerprint density at radius 1 is 0.895 bits per heavy atom. The van der Waals surface area contributed by atoms with E-state index in [1.54, 1.807) is 0 Å². The summed E-state index contributed by atoms with van der Waals surface area (Å²) < 4.78 is 2.16. The zero-order chi connectivity index (χ0) is 13.1. The summed E-state index contributed by atoms with van der Waals surface area (Å²) in [4.78, 5) is 4.47. The summed E-state index contributed by atoms with van der Waals surface area (Å²) in [5, 5.41) is 0. The van der Waals surface area contributed by atoms with E-state index in [9.17, 15) is 0 Å². The van der Waals surface area contributed by atoms with Crippen LogP contribution in [-0.4, -0.2) is 9.55 Å². The molecule has 0 bridgehead atoms. The lowest BCUT2D eigenvalue weighted by Gasteiger charge is -2.11. The van der Waals surface area contributed by atoms with E-state index in [1.165, 1.54) is 0 Å². The van der Waals surface area contributed by atoms with Crippen LogP contribution >= 0.6 is 12.6 Å². The molecule has 3 heteroatoms. The van der Waals surface area contributed by atoms with Crippen molar-refractivity contribution in [1.29, 1.82) is 0 Å². The molecule has 3 aromatic rings. The Balaban J connectivity index is 2.20. The molecule has 3 rings (SSSR count). The first-order chi connectivity index (χ1) is 9.40. The molecule has 0 unspecified atom stereocenters. The minimum absolute atomic E-state index is 0.613. The number of imidazole rings is 1. The highest BCUT2D eigenvalue weighted by molar-refractivity contribution is 7.79. The minimum atomic E-state index is 0.613. The summed E-state index contributed by atoms with van der Waals surface area (Å²) >= 11 is 4.37. The molecule has 19 heavy (non-hydrogen) atoms. The van der Waals surface area contributed by atoms with E-state index in [0.29, 0.717) is 5.75 Å². The molecule has 0 aliphatic heterocycles. The fraction of sp³-hybridized carbons (Fsp3) is 0.0625. The van der Waals surface area contributed by atoms with Gasteiger partial charge in [0, 0.05) is 17.0 Å². The van der Waals surface area contributed by atoms with Crippen molar-refractivity contribution in [3.8, 4) is 16.9 Å². The Hall–Kier alpha value is -2.00. The number of benzene rings is 2. The molecule has 0 N–H and O–H groups in total. The van der Waals surface area contributed by atoms with Crippen molar-refractivity contribution in [3.63, 3.8) is 0 Å². The van der Waals surface area contributed by atoms with E-state index in [0.717, 1.165) is 22.8 Å². The second-order valence-corrected chi connectivity index (χ2v) is 4.57. The van der Waals surface area contributed by atoms with E-state index in [-0.39, 0.29) is 0 Å². The number of thiol groups is 1. The van der Waals surface area contributed by atoms with Gasteiger partial charge in [0.1, 0.15) is 5.82 Å². The maximum absolute atomic E-state index is 4.47. The molecule has 0 aliphatic rings. The van der Waals surface area contributed by atoms with Gasteiger partial charge in [-0.25, -0.2) is 4.98 Å². The predicted octanol–water partition coefficient (Wildman–Crippen LogP) is 3.97. The van der Waals surface area contributed by atoms with E-state index >= 15 is 0 Å². The van der Waals surface area contributed by atoms with Gasteiger partial charge in [0.15, 0.2) is 0 Å². The summed E-state index contributed by atoms with van der Waals surface area (Å²) in [5.74, 6) is 1.57. The molecule has 1 heterocycles. The second kappa shape index (κ2) is 5.33. The zero-order valence-electron chi connectivity index (χ0n) is 10.4. The van der Waals surface area contributed by atoms with Gasteiger partial charge in [-0.1, -0.05) is 48.5 Å². The van der Waals surface area contributed by atoms with Crippen LogP contribution in [0.1, 0.15) is 5.82 Å². The van der Waals surface area contributed by atoms with Gasteiger partial charge in [-0.3, -0.25) is 4.57 Å². The Bertz CT molecular complexity index is 660. The molecule has 0 amide bonds. The number of hydrogen-bond acceptors (Lipinski definition) is 2. The zero-order valence-corrected chi connectivity index (χ0v) is 11.3. The quantitative estimate of drug-likeness (QED) is 0.710. The molecule has 0 atom stereocenters. The molecule has 94 valence electrons. The van der Waals surface area contributed by atoms with Crippen molar-refractivity contribution in [2.75, 3.05) is 0 Å². The second-order valence-electron chi connectivity index (χ2n) is 4.25. The Morgan fingerprint density at radius 3 is 2.16 bits per heavy atom. The highest BCUT2D eigenvalue weighted by atomic mass is 32.1. The van der Waals surface area contributed by atoms with Crippen LogP contribution in [0.15, 0.2) is 66.9 Å². The van der Waals surface area contributed by atoms with Gasteiger partial charge in [0.25, 0.3) is 0 Å². The molecule has 0 spiro atoms. The lowest BCUT2D eigenvalue weighted by atomic mass is 10.1. The van der Waals surface area contributed by atoms with E-state index < -0.39 is 0 Å². The van der Waals surface area contributed by atoms with E-state index in [4.69, 9.17) is 0 Å². The minimum Gasteiger partial charge on any atom is -0.296 e. The van der Waals surface area contributed by atoms with Crippen LogP contribution in [0.3, 0.4) is 0 Å². The highest BCUT2D eigenvalue weighted by Crippen LogP contribution is 2.25. The summed E-state index contributed by atoms with van der Waals surface area (Å²) in [6.45, 7) is 0. The smallest absolute Gasteiger partial charge is 0.123 e. The van der Waals surface area contributed by atoms with Gasteiger partial charge in [-0.05, 0) is 12.1 Å². The van der Waals surface area contributed by atoms with Crippen molar-refractivity contribution in [2.45, 2.75) is 5.75 Å². The van der Waals surface area contributed by atoms with Gasteiger partial charge in [-0.15, -0.1) is 0 Å². The molecule has 0 fully saturated rings. The van der Waals surface area contributed by atoms with Crippen LogP contribution < -0.4 is 0 Å². The van der Waals surface area contributed by atoms with Crippen LogP contribution in [-0.2, 0) is 5.75 Å². The molecule has 0 saturated carbocycles. The third-order valence-corrected chi connectivity index (χ3v) is 3.34. The molecule has 2 nitrogen and oxygen atoms in total. The van der Waals surface area contributed by atoms with Crippen LogP contribution in [0.4, 0.5) is 0 Å². The normalized spacial score (nSPS) is 10.6. The summed E-state index contributed by atoms with van der Waals surface area (Å²) in [6.07, 6.45) is 1.91.